The molecule has 0 aliphatic heterocycles. The third-order valence-electron chi connectivity index (χ3n) is 2.52. The van der Waals surface area contributed by atoms with E-state index in [9.17, 15) is 0 Å². The fourth-order valence-corrected chi connectivity index (χ4v) is 2.22. The maximum absolute atomic E-state index is 5.80. The second-order valence-corrected chi connectivity index (χ2v) is 4.70. The van der Waals surface area contributed by atoms with E-state index in [1.807, 2.05) is 16.7 Å². The summed E-state index contributed by atoms with van der Waals surface area (Å²) >= 11 is 9.27. The van der Waals surface area contributed by atoms with Gasteiger partial charge in [-0.2, -0.15) is 0 Å². The van der Waals surface area contributed by atoms with Gasteiger partial charge in [-0.25, -0.2) is 0 Å². The summed E-state index contributed by atoms with van der Waals surface area (Å²) in [6.45, 7) is 2.10. The van der Waals surface area contributed by atoms with E-state index in [1.54, 1.807) is 6.33 Å². The van der Waals surface area contributed by atoms with Crippen LogP contribution in [0.3, 0.4) is 0 Å². The standard InChI is InChI=1S/C11H11BrClN3/c1-8(9-3-2-4-10(12)5-9)16-7-14-15-11(16)6-13/h2-5,7-8H,6H2,1H3. The lowest BCUT2D eigenvalue weighted by molar-refractivity contribution is 0.614. The molecular formula is C11H11BrClN3. The first kappa shape index (κ1) is 11.6. The fourth-order valence-electron chi connectivity index (χ4n) is 1.61. The molecule has 2 rings (SSSR count). The molecule has 1 aromatic carbocycles. The molecule has 0 saturated heterocycles. The van der Waals surface area contributed by atoms with E-state index in [4.69, 9.17) is 11.6 Å². The third-order valence-corrected chi connectivity index (χ3v) is 3.25. The molecule has 16 heavy (non-hydrogen) atoms. The van der Waals surface area contributed by atoms with Gasteiger partial charge in [0.05, 0.1) is 11.9 Å². The van der Waals surface area contributed by atoms with E-state index in [1.165, 1.54) is 5.56 Å². The van der Waals surface area contributed by atoms with Crippen molar-refractivity contribution in [1.29, 1.82) is 0 Å². The van der Waals surface area contributed by atoms with E-state index in [0.717, 1.165) is 10.3 Å². The Kier molecular flexibility index (Phi) is 3.61. The first-order valence-corrected chi connectivity index (χ1v) is 6.25. The average molecular weight is 301 g/mol. The van der Waals surface area contributed by atoms with E-state index >= 15 is 0 Å². The predicted molar refractivity (Wildman–Crippen MR) is 67.5 cm³/mol. The molecule has 3 nitrogen and oxygen atoms in total. The highest BCUT2D eigenvalue weighted by atomic mass is 79.9. The molecule has 0 radical (unpaired) electrons. The van der Waals surface area contributed by atoms with Gasteiger partial charge in [0.25, 0.3) is 0 Å². The predicted octanol–water partition coefficient (Wildman–Crippen LogP) is 3.39. The molecule has 0 aliphatic rings. The van der Waals surface area contributed by atoms with Crippen LogP contribution in [-0.4, -0.2) is 14.8 Å². The second kappa shape index (κ2) is 4.97. The third kappa shape index (κ3) is 2.28. The molecular weight excluding hydrogens is 289 g/mol. The van der Waals surface area contributed by atoms with Crippen molar-refractivity contribution in [3.63, 3.8) is 0 Å². The van der Waals surface area contributed by atoms with Crippen molar-refractivity contribution in [3.05, 3.63) is 46.5 Å². The Bertz CT molecular complexity index is 484. The molecule has 1 atom stereocenters. The van der Waals surface area contributed by atoms with Crippen LogP contribution in [0.4, 0.5) is 0 Å². The van der Waals surface area contributed by atoms with Gasteiger partial charge in [-0.05, 0) is 24.6 Å². The number of alkyl halides is 1. The minimum atomic E-state index is 0.182. The lowest BCUT2D eigenvalue weighted by Crippen LogP contribution is -2.08. The SMILES string of the molecule is CC(c1cccc(Br)c1)n1cnnc1CCl. The molecule has 0 fully saturated rings. The van der Waals surface area contributed by atoms with Crippen molar-refractivity contribution in [2.45, 2.75) is 18.8 Å². The van der Waals surface area contributed by atoms with Crippen LogP contribution in [0.2, 0.25) is 0 Å². The lowest BCUT2D eigenvalue weighted by Gasteiger charge is -2.15. The topological polar surface area (TPSA) is 30.7 Å². The van der Waals surface area contributed by atoms with Crippen molar-refractivity contribution >= 4 is 27.5 Å². The van der Waals surface area contributed by atoms with Gasteiger partial charge in [-0.1, -0.05) is 28.1 Å². The van der Waals surface area contributed by atoms with Gasteiger partial charge in [-0.15, -0.1) is 21.8 Å². The van der Waals surface area contributed by atoms with Crippen LogP contribution in [-0.2, 0) is 5.88 Å². The van der Waals surface area contributed by atoms with Gasteiger partial charge in [0.15, 0.2) is 0 Å². The summed E-state index contributed by atoms with van der Waals surface area (Å²) in [5.74, 6) is 1.16. The summed E-state index contributed by atoms with van der Waals surface area (Å²) in [5, 5.41) is 7.85. The quantitative estimate of drug-likeness (QED) is 0.814. The van der Waals surface area contributed by atoms with E-state index < -0.39 is 0 Å². The molecule has 0 saturated carbocycles. The van der Waals surface area contributed by atoms with Crippen molar-refractivity contribution in [1.82, 2.24) is 14.8 Å². The van der Waals surface area contributed by atoms with Crippen molar-refractivity contribution in [3.8, 4) is 0 Å². The summed E-state index contributed by atoms with van der Waals surface area (Å²) in [7, 11) is 0. The molecule has 84 valence electrons. The first-order chi connectivity index (χ1) is 7.72. The highest BCUT2D eigenvalue weighted by molar-refractivity contribution is 9.10. The van der Waals surface area contributed by atoms with Gasteiger partial charge in [0, 0.05) is 4.47 Å². The van der Waals surface area contributed by atoms with Gasteiger partial charge >= 0.3 is 0 Å². The number of benzene rings is 1. The van der Waals surface area contributed by atoms with Crippen LogP contribution in [0, 0.1) is 0 Å². The van der Waals surface area contributed by atoms with Crippen molar-refractivity contribution < 1.29 is 0 Å². The van der Waals surface area contributed by atoms with Crippen LogP contribution in [0.1, 0.15) is 24.4 Å². The lowest BCUT2D eigenvalue weighted by atomic mass is 10.1. The van der Waals surface area contributed by atoms with E-state index in [-0.39, 0.29) is 6.04 Å². The van der Waals surface area contributed by atoms with Gasteiger partial charge < -0.3 is 4.57 Å². The maximum atomic E-state index is 5.80. The Labute approximate surface area is 108 Å². The zero-order chi connectivity index (χ0) is 11.5. The summed E-state index contributed by atoms with van der Waals surface area (Å²) in [6, 6.07) is 8.36. The monoisotopic (exact) mass is 299 g/mol. The normalized spacial score (nSPS) is 12.7. The molecule has 0 aliphatic carbocycles. The zero-order valence-electron chi connectivity index (χ0n) is 8.77. The van der Waals surface area contributed by atoms with Gasteiger partial charge in [0.2, 0.25) is 0 Å². The van der Waals surface area contributed by atoms with Crippen LogP contribution in [0.5, 0.6) is 0 Å². The summed E-state index contributed by atoms with van der Waals surface area (Å²) in [5.41, 5.74) is 1.19. The highest BCUT2D eigenvalue weighted by Crippen LogP contribution is 2.22. The number of hydrogen-bond acceptors (Lipinski definition) is 2. The largest absolute Gasteiger partial charge is 0.309 e. The molecule has 1 heterocycles. The van der Waals surface area contributed by atoms with Crippen molar-refractivity contribution in [2.75, 3.05) is 0 Å². The summed E-state index contributed by atoms with van der Waals surface area (Å²) < 4.78 is 3.05. The minimum Gasteiger partial charge on any atom is -0.309 e. The summed E-state index contributed by atoms with van der Waals surface area (Å²) in [4.78, 5) is 0. The smallest absolute Gasteiger partial charge is 0.148 e. The molecule has 0 spiro atoms. The molecule has 1 aromatic heterocycles. The second-order valence-electron chi connectivity index (χ2n) is 3.52. The minimum absolute atomic E-state index is 0.182. The first-order valence-electron chi connectivity index (χ1n) is 4.92. The molecule has 2 aromatic rings. The van der Waals surface area contributed by atoms with Crippen molar-refractivity contribution in [2.24, 2.45) is 0 Å². The van der Waals surface area contributed by atoms with Crippen LogP contribution in [0.15, 0.2) is 35.1 Å². The Morgan fingerprint density at radius 1 is 1.50 bits per heavy atom. The van der Waals surface area contributed by atoms with E-state index in [2.05, 4.69) is 45.2 Å². The fraction of sp³-hybridized carbons (Fsp3) is 0.273. The zero-order valence-corrected chi connectivity index (χ0v) is 11.1. The Hall–Kier alpha value is -0.870. The Morgan fingerprint density at radius 2 is 2.31 bits per heavy atom. The maximum Gasteiger partial charge on any atom is 0.148 e. The molecule has 5 heteroatoms. The van der Waals surface area contributed by atoms with Gasteiger partial charge in [-0.3, -0.25) is 0 Å². The van der Waals surface area contributed by atoms with Crippen LogP contribution in [0.25, 0.3) is 0 Å². The molecule has 0 N–H and O–H groups in total. The number of halogens is 2. The molecule has 1 unspecified atom stereocenters. The number of nitrogens with zero attached hydrogens (tertiary/aromatic N) is 3. The summed E-state index contributed by atoms with van der Waals surface area (Å²) in [6.07, 6.45) is 1.71. The number of aromatic nitrogens is 3. The Balaban J connectivity index is 2.35. The Morgan fingerprint density at radius 3 is 3.00 bits per heavy atom. The van der Waals surface area contributed by atoms with E-state index in [0.29, 0.717) is 5.88 Å². The molecule has 0 amide bonds. The molecule has 0 bridgehead atoms. The number of rotatable bonds is 3. The van der Waals surface area contributed by atoms with Gasteiger partial charge in [0.1, 0.15) is 12.2 Å². The van der Waals surface area contributed by atoms with Crippen LogP contribution >= 0.6 is 27.5 Å². The number of hydrogen-bond donors (Lipinski definition) is 0. The highest BCUT2D eigenvalue weighted by Gasteiger charge is 2.12. The van der Waals surface area contributed by atoms with Crippen LogP contribution < -0.4 is 0 Å². The average Bonchev–Trinajstić information content (AvgIpc) is 2.76.